The first-order chi connectivity index (χ1) is 9.11. The summed E-state index contributed by atoms with van der Waals surface area (Å²) in [7, 11) is 0. The van der Waals surface area contributed by atoms with Gasteiger partial charge in [-0.05, 0) is 0 Å². The van der Waals surface area contributed by atoms with E-state index in [1.165, 1.54) is 0 Å². The Balaban J connectivity index is 0. The zero-order valence-electron chi connectivity index (χ0n) is 10.5. The molecular formula is C9H18N4O7. The van der Waals surface area contributed by atoms with Crippen molar-refractivity contribution >= 4 is 23.8 Å². The molecule has 2 atom stereocenters. The van der Waals surface area contributed by atoms with Gasteiger partial charge in [0.05, 0.1) is 13.0 Å². The number of primary amides is 2. The number of carboxylic acids is 1. The summed E-state index contributed by atoms with van der Waals surface area (Å²) in [5.41, 5.74) is 19.1. The van der Waals surface area contributed by atoms with E-state index in [1.54, 1.807) is 0 Å². The Morgan fingerprint density at radius 2 is 1.65 bits per heavy atom. The second-order valence-corrected chi connectivity index (χ2v) is 3.42. The average Bonchev–Trinajstić information content (AvgIpc) is 2.35. The third-order valence-electron chi connectivity index (χ3n) is 1.63. The molecule has 10 N–H and O–H groups in total. The van der Waals surface area contributed by atoms with Gasteiger partial charge in [-0.15, -0.1) is 0 Å². The molecule has 2 amide bonds. The lowest BCUT2D eigenvalue weighted by atomic mass is 10.2. The van der Waals surface area contributed by atoms with Crippen molar-refractivity contribution in [3.8, 4) is 0 Å². The maximum atomic E-state index is 10.3. The van der Waals surface area contributed by atoms with Gasteiger partial charge < -0.3 is 37.9 Å². The van der Waals surface area contributed by atoms with Crippen LogP contribution in [0.25, 0.3) is 0 Å². The predicted molar refractivity (Wildman–Crippen MR) is 64.6 cm³/mol. The summed E-state index contributed by atoms with van der Waals surface area (Å²) in [6, 6.07) is -1.18. The number of aliphatic hydroxyl groups excluding tert-OH is 1. The Labute approximate surface area is 113 Å². The number of amides is 2. The highest BCUT2D eigenvalue weighted by atomic mass is 16.5. The van der Waals surface area contributed by atoms with E-state index in [4.69, 9.17) is 21.7 Å². The molecule has 0 aromatic carbocycles. The highest BCUT2D eigenvalue weighted by molar-refractivity contribution is 5.85. The quantitative estimate of drug-likeness (QED) is 0.249. The molecule has 0 saturated carbocycles. The van der Waals surface area contributed by atoms with E-state index in [2.05, 4.69) is 16.2 Å². The van der Waals surface area contributed by atoms with E-state index in [-0.39, 0.29) is 13.2 Å². The third-order valence-corrected chi connectivity index (χ3v) is 1.63. The summed E-state index contributed by atoms with van der Waals surface area (Å²) in [4.78, 5) is 40.4. The van der Waals surface area contributed by atoms with Crippen LogP contribution in [0.15, 0.2) is 0 Å². The molecule has 20 heavy (non-hydrogen) atoms. The second kappa shape index (κ2) is 10.7. The van der Waals surface area contributed by atoms with Gasteiger partial charge in [0.2, 0.25) is 11.8 Å². The van der Waals surface area contributed by atoms with Gasteiger partial charge in [0, 0.05) is 0 Å². The molecule has 11 nitrogen and oxygen atoms in total. The third kappa shape index (κ3) is 12.2. The molecule has 0 radical (unpaired) electrons. The molecular weight excluding hydrogens is 276 g/mol. The molecule has 0 spiro atoms. The van der Waals surface area contributed by atoms with Crippen LogP contribution < -0.4 is 22.9 Å². The van der Waals surface area contributed by atoms with Crippen LogP contribution in [0.2, 0.25) is 0 Å². The summed E-state index contributed by atoms with van der Waals surface area (Å²) in [6.45, 7) is -0.613. The molecule has 0 aliphatic rings. The summed E-state index contributed by atoms with van der Waals surface area (Å²) in [6.07, 6.45) is -1.85. The molecule has 0 aromatic rings. The summed E-state index contributed by atoms with van der Waals surface area (Å²) in [5.74, 6) is -3.56. The van der Waals surface area contributed by atoms with Crippen molar-refractivity contribution in [1.82, 2.24) is 0 Å². The standard InChI is InChI=1S/C5H10N2O4.C4H8N2O3/c6-1-4(8)11-2-3(7)5(9)10;5-3(8)1-2(7)4(6)9/h3H,1-2,6-7H2,(H,9,10);2,7H,1H2,(H2,5,8)(H2,6,9)/t3-;/m0./s1. The van der Waals surface area contributed by atoms with Crippen molar-refractivity contribution in [1.29, 1.82) is 0 Å². The fourth-order valence-corrected chi connectivity index (χ4v) is 0.604. The van der Waals surface area contributed by atoms with Crippen molar-refractivity contribution in [3.63, 3.8) is 0 Å². The largest absolute Gasteiger partial charge is 0.480 e. The van der Waals surface area contributed by atoms with Gasteiger partial charge >= 0.3 is 11.9 Å². The average molecular weight is 294 g/mol. The predicted octanol–water partition coefficient (Wildman–Crippen LogP) is -4.39. The van der Waals surface area contributed by atoms with Gasteiger partial charge in [-0.25, -0.2) is 0 Å². The fraction of sp³-hybridized carbons (Fsp3) is 0.556. The number of hydrogen-bond acceptors (Lipinski definition) is 8. The zero-order valence-corrected chi connectivity index (χ0v) is 10.5. The van der Waals surface area contributed by atoms with E-state index in [9.17, 15) is 19.2 Å². The van der Waals surface area contributed by atoms with Gasteiger partial charge in [0.1, 0.15) is 18.8 Å². The molecule has 0 aliphatic carbocycles. The van der Waals surface area contributed by atoms with Crippen LogP contribution in [0, 0.1) is 0 Å². The lowest BCUT2D eigenvalue weighted by Gasteiger charge is -2.05. The van der Waals surface area contributed by atoms with Crippen molar-refractivity contribution in [2.75, 3.05) is 13.2 Å². The number of nitrogens with two attached hydrogens (primary N) is 4. The van der Waals surface area contributed by atoms with Gasteiger partial charge in [0.15, 0.2) is 0 Å². The highest BCUT2D eigenvalue weighted by Crippen LogP contribution is 1.86. The topological polar surface area (TPSA) is 222 Å². The molecule has 0 saturated heterocycles. The van der Waals surface area contributed by atoms with Gasteiger partial charge in [-0.3, -0.25) is 19.2 Å². The summed E-state index contributed by atoms with van der Waals surface area (Å²) >= 11 is 0. The molecule has 116 valence electrons. The minimum Gasteiger partial charge on any atom is -0.480 e. The maximum Gasteiger partial charge on any atom is 0.324 e. The van der Waals surface area contributed by atoms with Crippen LogP contribution in [-0.4, -0.2) is 59.3 Å². The van der Waals surface area contributed by atoms with Gasteiger partial charge in [-0.1, -0.05) is 0 Å². The molecule has 0 rings (SSSR count). The van der Waals surface area contributed by atoms with Crippen LogP contribution in [0.1, 0.15) is 6.42 Å². The number of carbonyl (C=O) groups is 4. The Morgan fingerprint density at radius 1 is 1.15 bits per heavy atom. The number of carboxylic acid groups (broad SMARTS) is 1. The molecule has 0 aromatic heterocycles. The van der Waals surface area contributed by atoms with Gasteiger partial charge in [-0.2, -0.15) is 0 Å². The fourth-order valence-electron chi connectivity index (χ4n) is 0.604. The van der Waals surface area contributed by atoms with Crippen LogP contribution in [-0.2, 0) is 23.9 Å². The first-order valence-electron chi connectivity index (χ1n) is 5.21. The second-order valence-electron chi connectivity index (χ2n) is 3.42. The van der Waals surface area contributed by atoms with E-state index in [1.807, 2.05) is 0 Å². The molecule has 0 bridgehead atoms. The molecule has 0 heterocycles. The minimum atomic E-state index is -1.44. The van der Waals surface area contributed by atoms with Crippen molar-refractivity contribution in [2.24, 2.45) is 22.9 Å². The Hall–Kier alpha value is -2.24. The van der Waals surface area contributed by atoms with Crippen molar-refractivity contribution < 1.29 is 34.1 Å². The van der Waals surface area contributed by atoms with Crippen molar-refractivity contribution in [2.45, 2.75) is 18.6 Å². The van der Waals surface area contributed by atoms with Crippen LogP contribution >= 0.6 is 0 Å². The number of esters is 1. The normalized spacial score (nSPS) is 12.3. The first kappa shape index (κ1) is 20.1. The van der Waals surface area contributed by atoms with E-state index in [0.717, 1.165) is 0 Å². The Morgan fingerprint density at radius 3 is 1.90 bits per heavy atom. The molecule has 0 fully saturated rings. The number of rotatable bonds is 7. The number of aliphatic hydroxyl groups is 1. The number of aliphatic carboxylic acids is 1. The SMILES string of the molecule is NC(=O)CC(O)C(N)=O.NCC(=O)OC[C@H](N)C(=O)O. The van der Waals surface area contributed by atoms with Gasteiger partial charge in [0.25, 0.3) is 0 Å². The summed E-state index contributed by atoms with van der Waals surface area (Å²) in [5, 5.41) is 16.7. The first-order valence-corrected chi connectivity index (χ1v) is 5.21. The Bertz CT molecular complexity index is 360. The van der Waals surface area contributed by atoms with Crippen LogP contribution in [0.3, 0.4) is 0 Å². The monoisotopic (exact) mass is 294 g/mol. The number of hydrogen-bond donors (Lipinski definition) is 6. The van der Waals surface area contributed by atoms with E-state index in [0.29, 0.717) is 0 Å². The van der Waals surface area contributed by atoms with E-state index < -0.39 is 42.3 Å². The minimum absolute atomic E-state index is 0.271. The number of ether oxygens (including phenoxy) is 1. The lowest BCUT2D eigenvalue weighted by molar-refractivity contribution is -0.146. The number of carbonyl (C=O) groups excluding carboxylic acids is 3. The van der Waals surface area contributed by atoms with Crippen molar-refractivity contribution in [3.05, 3.63) is 0 Å². The smallest absolute Gasteiger partial charge is 0.324 e. The zero-order chi connectivity index (χ0) is 16.3. The highest BCUT2D eigenvalue weighted by Gasteiger charge is 2.13. The van der Waals surface area contributed by atoms with Crippen LogP contribution in [0.5, 0.6) is 0 Å². The van der Waals surface area contributed by atoms with E-state index >= 15 is 0 Å². The molecule has 0 aliphatic heterocycles. The lowest BCUT2D eigenvalue weighted by Crippen LogP contribution is -2.36. The van der Waals surface area contributed by atoms with Crippen LogP contribution in [0.4, 0.5) is 0 Å². The summed E-state index contributed by atoms with van der Waals surface area (Å²) < 4.78 is 4.34. The molecule has 11 heteroatoms. The molecule has 1 unspecified atom stereocenters. The Kier molecular flexibility index (Phi) is 10.7. The maximum absolute atomic E-state index is 10.3.